The highest BCUT2D eigenvalue weighted by Gasteiger charge is 2.53. The number of rotatable bonds is 6. The number of carbonyl (C=O) groups is 2. The lowest BCUT2D eigenvalue weighted by Crippen LogP contribution is -2.60. The number of hydrogen-bond acceptors (Lipinski definition) is 5. The van der Waals surface area contributed by atoms with Crippen molar-refractivity contribution in [2.45, 2.75) is 24.2 Å². The van der Waals surface area contributed by atoms with E-state index in [1.807, 2.05) is 30.3 Å². The van der Waals surface area contributed by atoms with Gasteiger partial charge in [-0.15, -0.1) is 11.6 Å². The van der Waals surface area contributed by atoms with Gasteiger partial charge in [0.1, 0.15) is 4.99 Å². The van der Waals surface area contributed by atoms with Crippen molar-refractivity contribution in [3.05, 3.63) is 84.0 Å². The molecule has 0 aromatic heterocycles. The van der Waals surface area contributed by atoms with E-state index < -0.39 is 16.7 Å². The van der Waals surface area contributed by atoms with Gasteiger partial charge in [0.05, 0.1) is 6.61 Å². The molecule has 3 rings (SSSR count). The molecule has 3 amide bonds. The fraction of sp³-hybridized carbons (Fsp3) is 0.174. The van der Waals surface area contributed by atoms with Gasteiger partial charge in [0, 0.05) is 18.2 Å². The van der Waals surface area contributed by atoms with E-state index in [0.29, 0.717) is 16.8 Å². The first-order valence-electron chi connectivity index (χ1n) is 9.64. The molecule has 5 N–H and O–H groups in total. The maximum Gasteiger partial charge on any atom is 0.317 e. The van der Waals surface area contributed by atoms with Gasteiger partial charge in [-0.2, -0.15) is 0 Å². The first kappa shape index (κ1) is 23.6. The highest BCUT2D eigenvalue weighted by atomic mass is 35.5. The summed E-state index contributed by atoms with van der Waals surface area (Å²) in [5, 5.41) is 16.4. The van der Waals surface area contributed by atoms with E-state index in [1.165, 1.54) is 19.1 Å². The molecule has 7 nitrogen and oxygen atoms in total. The predicted molar refractivity (Wildman–Crippen MR) is 128 cm³/mol. The summed E-state index contributed by atoms with van der Waals surface area (Å²) in [4.78, 5) is 21.0. The second kappa shape index (κ2) is 9.62. The predicted octanol–water partition coefficient (Wildman–Crippen LogP) is 3.48. The van der Waals surface area contributed by atoms with Crippen LogP contribution in [0.5, 0.6) is 0 Å². The van der Waals surface area contributed by atoms with Crippen molar-refractivity contribution >= 4 is 52.0 Å². The van der Waals surface area contributed by atoms with E-state index in [9.17, 15) is 14.7 Å². The number of amides is 3. The summed E-state index contributed by atoms with van der Waals surface area (Å²) in [6, 6.07) is 15.3. The number of urea groups is 1. The number of nitrogens with one attached hydrogen (secondary N) is 2. The van der Waals surface area contributed by atoms with Crippen LogP contribution in [0.25, 0.3) is 5.57 Å². The van der Waals surface area contributed by atoms with E-state index in [2.05, 4.69) is 10.6 Å². The zero-order chi connectivity index (χ0) is 23.4. The molecule has 0 aliphatic heterocycles. The van der Waals surface area contributed by atoms with Crippen molar-refractivity contribution in [2.24, 2.45) is 5.73 Å². The van der Waals surface area contributed by atoms with Crippen molar-refractivity contribution < 1.29 is 19.4 Å². The highest BCUT2D eigenvalue weighted by Crippen LogP contribution is 2.42. The van der Waals surface area contributed by atoms with Gasteiger partial charge in [0.25, 0.3) is 0 Å². The van der Waals surface area contributed by atoms with Crippen LogP contribution in [0.2, 0.25) is 0 Å². The van der Waals surface area contributed by atoms with Gasteiger partial charge in [0.15, 0.2) is 4.87 Å². The Balaban J connectivity index is 2.02. The lowest BCUT2D eigenvalue weighted by atomic mass is 9.86. The van der Waals surface area contributed by atoms with Crippen molar-refractivity contribution in [2.75, 3.05) is 5.32 Å². The summed E-state index contributed by atoms with van der Waals surface area (Å²) in [7, 11) is 0. The normalized spacial score (nSPS) is 22.0. The zero-order valence-electron chi connectivity index (χ0n) is 17.2. The molecule has 1 aliphatic carbocycles. The third kappa shape index (κ3) is 5.05. The molecule has 2 unspecified atom stereocenters. The fourth-order valence-corrected chi connectivity index (χ4v) is 3.83. The number of ether oxygens (including phenoxy) is 1. The zero-order valence-corrected chi connectivity index (χ0v) is 18.7. The van der Waals surface area contributed by atoms with E-state index in [4.69, 9.17) is 34.3 Å². The molecule has 1 aliphatic rings. The topological polar surface area (TPSA) is 114 Å². The number of aliphatic hydroxyl groups is 1. The number of para-hydroxylation sites is 1. The third-order valence-electron chi connectivity index (χ3n) is 4.78. The Hall–Kier alpha value is -3.04. The monoisotopic (exact) mass is 471 g/mol. The Morgan fingerprint density at radius 2 is 1.81 bits per heavy atom. The molecule has 9 heteroatoms. The van der Waals surface area contributed by atoms with Gasteiger partial charge >= 0.3 is 6.03 Å². The number of thiocarbonyl (C=S) groups is 1. The smallest absolute Gasteiger partial charge is 0.317 e. The van der Waals surface area contributed by atoms with Crippen LogP contribution < -0.4 is 16.4 Å². The fourth-order valence-electron chi connectivity index (χ4n) is 3.24. The lowest BCUT2D eigenvalue weighted by molar-refractivity contribution is -0.179. The first-order valence-corrected chi connectivity index (χ1v) is 10.4. The second-order valence-corrected chi connectivity index (χ2v) is 8.17. The van der Waals surface area contributed by atoms with Crippen LogP contribution in [0, 0.1) is 0 Å². The molecule has 0 saturated carbocycles. The molecular weight excluding hydrogens is 450 g/mol. The molecule has 0 bridgehead atoms. The van der Waals surface area contributed by atoms with Gasteiger partial charge in [-0.1, -0.05) is 66.8 Å². The summed E-state index contributed by atoms with van der Waals surface area (Å²) in [6.07, 6.45) is 4.44. The number of alkyl halides is 1. The minimum Gasteiger partial charge on any atom is -0.360 e. The van der Waals surface area contributed by atoms with E-state index in [-0.39, 0.29) is 17.5 Å². The van der Waals surface area contributed by atoms with Crippen molar-refractivity contribution in [1.82, 2.24) is 5.32 Å². The SMILES string of the molecule is CC(=O)Nc1ccccc1C1=CC(Cl)(C(=S)NC(N)=O)C(O)(OCc2ccccc2)C=C1. The molecule has 0 fully saturated rings. The van der Waals surface area contributed by atoms with Gasteiger partial charge in [-0.25, -0.2) is 4.79 Å². The number of primary amides is 1. The minimum absolute atomic E-state index is 0.0288. The van der Waals surface area contributed by atoms with E-state index >= 15 is 0 Å². The maximum atomic E-state index is 11.6. The summed E-state index contributed by atoms with van der Waals surface area (Å²) in [5.41, 5.74) is 7.75. The maximum absolute atomic E-state index is 11.6. The van der Waals surface area contributed by atoms with Crippen molar-refractivity contribution in [3.8, 4) is 0 Å². The van der Waals surface area contributed by atoms with Crippen LogP contribution in [-0.4, -0.2) is 32.7 Å². The molecule has 0 radical (unpaired) electrons. The second-order valence-electron chi connectivity index (χ2n) is 7.16. The molecule has 2 aromatic carbocycles. The summed E-state index contributed by atoms with van der Waals surface area (Å²) in [5.74, 6) is -2.35. The van der Waals surface area contributed by atoms with Gasteiger partial charge in [-0.3, -0.25) is 4.79 Å². The average Bonchev–Trinajstić information content (AvgIpc) is 2.75. The van der Waals surface area contributed by atoms with Crippen LogP contribution in [0.15, 0.2) is 72.8 Å². The summed E-state index contributed by atoms with van der Waals surface area (Å²) < 4.78 is 5.80. The summed E-state index contributed by atoms with van der Waals surface area (Å²) in [6.45, 7) is 1.43. The van der Waals surface area contributed by atoms with Gasteiger partial charge < -0.3 is 26.2 Å². The van der Waals surface area contributed by atoms with Crippen LogP contribution in [0.1, 0.15) is 18.1 Å². The molecule has 166 valence electrons. The number of nitrogens with two attached hydrogens (primary N) is 1. The summed E-state index contributed by atoms with van der Waals surface area (Å²) >= 11 is 12.2. The molecule has 2 atom stereocenters. The number of hydrogen-bond donors (Lipinski definition) is 4. The molecule has 2 aromatic rings. The minimum atomic E-state index is -2.10. The van der Waals surface area contributed by atoms with Crippen LogP contribution >= 0.6 is 23.8 Å². The number of anilines is 1. The molecule has 0 heterocycles. The number of benzene rings is 2. The number of allylic oxidation sites excluding steroid dienone is 2. The lowest BCUT2D eigenvalue weighted by Gasteiger charge is -2.41. The average molecular weight is 472 g/mol. The van der Waals surface area contributed by atoms with Crippen molar-refractivity contribution in [3.63, 3.8) is 0 Å². The molecule has 32 heavy (non-hydrogen) atoms. The number of carbonyl (C=O) groups excluding carboxylic acids is 2. The van der Waals surface area contributed by atoms with E-state index in [0.717, 1.165) is 5.56 Å². The first-order chi connectivity index (χ1) is 15.1. The molecule has 0 spiro atoms. The Labute approximate surface area is 195 Å². The Bertz CT molecular complexity index is 1110. The van der Waals surface area contributed by atoms with E-state index in [1.54, 1.807) is 30.3 Å². The van der Waals surface area contributed by atoms with Gasteiger partial charge in [-0.05, 0) is 29.4 Å². The highest BCUT2D eigenvalue weighted by molar-refractivity contribution is 7.80. The number of halogens is 1. The Morgan fingerprint density at radius 3 is 2.47 bits per heavy atom. The quantitative estimate of drug-likeness (QED) is 0.292. The molecular formula is C23H22ClN3O4S. The van der Waals surface area contributed by atoms with Crippen LogP contribution in [-0.2, 0) is 16.1 Å². The Morgan fingerprint density at radius 1 is 1.16 bits per heavy atom. The molecule has 0 saturated heterocycles. The standard InChI is InChI=1S/C23H22ClN3O4S/c1-15(28)26-19-10-6-5-9-18(19)17-11-12-23(30,31-14-16-7-3-2-4-8-16)22(24,13-17)20(32)27-21(25)29/h2-13,30H,14H2,1H3,(H,26,28)(H3,25,27,29,32). The Kier molecular flexibility index (Phi) is 7.10. The van der Waals surface area contributed by atoms with Crippen LogP contribution in [0.3, 0.4) is 0 Å². The largest absolute Gasteiger partial charge is 0.360 e. The van der Waals surface area contributed by atoms with Crippen LogP contribution in [0.4, 0.5) is 10.5 Å². The van der Waals surface area contributed by atoms with Gasteiger partial charge in [0.2, 0.25) is 11.7 Å². The third-order valence-corrected chi connectivity index (χ3v) is 5.89. The van der Waals surface area contributed by atoms with Crippen molar-refractivity contribution in [1.29, 1.82) is 0 Å².